The lowest BCUT2D eigenvalue weighted by molar-refractivity contribution is 0.157. The summed E-state index contributed by atoms with van der Waals surface area (Å²) < 4.78 is 1.92. The normalized spacial score (nSPS) is 20.6. The Morgan fingerprint density at radius 1 is 1.07 bits per heavy atom. The van der Waals surface area contributed by atoms with Crippen molar-refractivity contribution in [3.05, 3.63) is 24.5 Å². The molecule has 1 atom stereocenters. The third-order valence-electron chi connectivity index (χ3n) is 2.75. The van der Waals surface area contributed by atoms with Crippen LogP contribution in [0.1, 0.15) is 25.4 Å². The summed E-state index contributed by atoms with van der Waals surface area (Å²) in [5.41, 5.74) is 0. The molecule has 3 nitrogen and oxygen atoms in total. The average molecular weight is 191 g/mol. The van der Waals surface area contributed by atoms with E-state index in [1.54, 1.807) is 0 Å². The number of hydrogen-bond donors (Lipinski definition) is 0. The van der Waals surface area contributed by atoms with Crippen LogP contribution in [0.5, 0.6) is 0 Å². The van der Waals surface area contributed by atoms with Crippen LogP contribution < -0.4 is 0 Å². The van der Waals surface area contributed by atoms with Gasteiger partial charge in [0.25, 0.3) is 0 Å². The first-order chi connectivity index (χ1) is 6.92. The second-order valence-corrected chi connectivity index (χ2v) is 3.72. The predicted octanol–water partition coefficient (Wildman–Crippen LogP) is 1.58. The van der Waals surface area contributed by atoms with Gasteiger partial charge in [0, 0.05) is 25.5 Å². The van der Waals surface area contributed by atoms with Crippen molar-refractivity contribution in [1.82, 2.24) is 9.47 Å². The SMILES string of the molecule is O=[C]C(N1CCCCC1)n1cccc1. The van der Waals surface area contributed by atoms with E-state index in [2.05, 4.69) is 11.2 Å². The molecule has 14 heavy (non-hydrogen) atoms. The number of rotatable bonds is 3. The highest BCUT2D eigenvalue weighted by Crippen LogP contribution is 2.17. The van der Waals surface area contributed by atoms with E-state index in [4.69, 9.17) is 0 Å². The predicted molar refractivity (Wildman–Crippen MR) is 54.6 cm³/mol. The van der Waals surface area contributed by atoms with E-state index in [1.165, 1.54) is 19.3 Å². The average Bonchev–Trinajstić information content (AvgIpc) is 2.74. The minimum absolute atomic E-state index is 0.217. The molecule has 75 valence electrons. The van der Waals surface area contributed by atoms with Crippen LogP contribution in [-0.2, 0) is 4.79 Å². The fourth-order valence-corrected chi connectivity index (χ4v) is 2.00. The van der Waals surface area contributed by atoms with Gasteiger partial charge in [-0.05, 0) is 25.0 Å². The van der Waals surface area contributed by atoms with Gasteiger partial charge in [0.1, 0.15) is 0 Å². The molecule has 0 N–H and O–H groups in total. The molecule has 2 heterocycles. The fraction of sp³-hybridized carbons (Fsp3) is 0.545. The Balaban J connectivity index is 2.08. The lowest BCUT2D eigenvalue weighted by Gasteiger charge is -2.31. The van der Waals surface area contributed by atoms with Gasteiger partial charge in [0.2, 0.25) is 6.29 Å². The zero-order chi connectivity index (χ0) is 9.80. The Labute approximate surface area is 84.3 Å². The van der Waals surface area contributed by atoms with E-state index >= 15 is 0 Å². The summed E-state index contributed by atoms with van der Waals surface area (Å²) in [6, 6.07) is 3.88. The quantitative estimate of drug-likeness (QED) is 0.724. The molecule has 1 unspecified atom stereocenters. The van der Waals surface area contributed by atoms with Crippen LogP contribution in [0.2, 0.25) is 0 Å². The first-order valence-electron chi connectivity index (χ1n) is 5.16. The minimum atomic E-state index is -0.217. The standard InChI is InChI=1S/C11H15N2O/c14-10-11(13-8-4-5-9-13)12-6-2-1-3-7-12/h4-5,8-9,11H,1-3,6-7H2. The van der Waals surface area contributed by atoms with Gasteiger partial charge in [0.05, 0.1) is 0 Å². The van der Waals surface area contributed by atoms with E-state index in [-0.39, 0.29) is 6.17 Å². The van der Waals surface area contributed by atoms with Gasteiger partial charge in [-0.15, -0.1) is 0 Å². The summed E-state index contributed by atoms with van der Waals surface area (Å²) in [6.45, 7) is 2.02. The highest BCUT2D eigenvalue weighted by molar-refractivity contribution is 5.56. The molecule has 0 bridgehead atoms. The van der Waals surface area contributed by atoms with Gasteiger partial charge in [-0.3, -0.25) is 9.69 Å². The van der Waals surface area contributed by atoms with Crippen LogP contribution in [0.4, 0.5) is 0 Å². The number of likely N-dealkylation sites (tertiary alicyclic amines) is 1. The van der Waals surface area contributed by atoms with Crippen molar-refractivity contribution in [3.8, 4) is 0 Å². The maximum absolute atomic E-state index is 10.9. The molecule has 0 saturated carbocycles. The van der Waals surface area contributed by atoms with E-state index in [0.29, 0.717) is 0 Å². The molecule has 1 aromatic heterocycles. The second kappa shape index (κ2) is 4.42. The van der Waals surface area contributed by atoms with Crippen molar-refractivity contribution in [2.75, 3.05) is 13.1 Å². The molecule has 0 amide bonds. The summed E-state index contributed by atoms with van der Waals surface area (Å²) in [5.74, 6) is 0. The third kappa shape index (κ3) is 1.87. The van der Waals surface area contributed by atoms with Crippen LogP contribution in [0, 0.1) is 0 Å². The zero-order valence-electron chi connectivity index (χ0n) is 8.22. The Morgan fingerprint density at radius 2 is 1.71 bits per heavy atom. The van der Waals surface area contributed by atoms with E-state index < -0.39 is 0 Å². The first kappa shape index (κ1) is 9.46. The first-order valence-corrected chi connectivity index (χ1v) is 5.16. The van der Waals surface area contributed by atoms with Crippen LogP contribution in [-0.4, -0.2) is 28.8 Å². The molecule has 1 aliphatic rings. The van der Waals surface area contributed by atoms with Crippen molar-refractivity contribution in [2.24, 2.45) is 0 Å². The topological polar surface area (TPSA) is 25.2 Å². The molecule has 0 aromatic carbocycles. The molecule has 1 saturated heterocycles. The molecule has 0 spiro atoms. The Hall–Kier alpha value is -1.09. The Morgan fingerprint density at radius 3 is 2.29 bits per heavy atom. The van der Waals surface area contributed by atoms with Gasteiger partial charge in [-0.2, -0.15) is 0 Å². The summed E-state index contributed by atoms with van der Waals surface area (Å²) >= 11 is 0. The molecule has 0 aliphatic carbocycles. The van der Waals surface area contributed by atoms with Crippen molar-refractivity contribution >= 4 is 6.29 Å². The summed E-state index contributed by atoms with van der Waals surface area (Å²) in [7, 11) is 0. The Kier molecular flexibility index (Phi) is 2.99. The molecular weight excluding hydrogens is 176 g/mol. The minimum Gasteiger partial charge on any atom is -0.331 e. The fourth-order valence-electron chi connectivity index (χ4n) is 2.00. The van der Waals surface area contributed by atoms with Gasteiger partial charge in [-0.1, -0.05) is 6.42 Å². The lowest BCUT2D eigenvalue weighted by atomic mass is 10.1. The van der Waals surface area contributed by atoms with Gasteiger partial charge >= 0.3 is 0 Å². The zero-order valence-corrected chi connectivity index (χ0v) is 8.22. The molecule has 2 rings (SSSR count). The summed E-state index contributed by atoms with van der Waals surface area (Å²) in [6.07, 6.45) is 9.41. The lowest BCUT2D eigenvalue weighted by Crippen LogP contribution is -2.37. The third-order valence-corrected chi connectivity index (χ3v) is 2.75. The molecule has 1 fully saturated rings. The molecular formula is C11H15N2O. The summed E-state index contributed by atoms with van der Waals surface area (Å²) in [4.78, 5) is 13.1. The van der Waals surface area contributed by atoms with Crippen LogP contribution in [0.3, 0.4) is 0 Å². The molecule has 1 radical (unpaired) electrons. The van der Waals surface area contributed by atoms with Crippen molar-refractivity contribution in [3.63, 3.8) is 0 Å². The van der Waals surface area contributed by atoms with Gasteiger partial charge in [0.15, 0.2) is 6.17 Å². The van der Waals surface area contributed by atoms with Gasteiger partial charge < -0.3 is 4.57 Å². The largest absolute Gasteiger partial charge is 0.331 e. The second-order valence-electron chi connectivity index (χ2n) is 3.72. The number of aromatic nitrogens is 1. The van der Waals surface area contributed by atoms with E-state index in [9.17, 15) is 4.79 Å². The number of nitrogens with zero attached hydrogens (tertiary/aromatic N) is 2. The van der Waals surface area contributed by atoms with Crippen LogP contribution in [0.15, 0.2) is 24.5 Å². The van der Waals surface area contributed by atoms with Crippen molar-refractivity contribution in [2.45, 2.75) is 25.4 Å². The van der Waals surface area contributed by atoms with Crippen LogP contribution >= 0.6 is 0 Å². The number of piperidine rings is 1. The van der Waals surface area contributed by atoms with E-state index in [0.717, 1.165) is 13.1 Å². The van der Waals surface area contributed by atoms with Crippen molar-refractivity contribution in [1.29, 1.82) is 0 Å². The monoisotopic (exact) mass is 191 g/mol. The van der Waals surface area contributed by atoms with E-state index in [1.807, 2.05) is 29.1 Å². The van der Waals surface area contributed by atoms with Gasteiger partial charge in [-0.25, -0.2) is 0 Å². The smallest absolute Gasteiger partial charge is 0.239 e. The molecule has 1 aromatic rings. The number of hydrogen-bond acceptors (Lipinski definition) is 2. The van der Waals surface area contributed by atoms with Crippen LogP contribution in [0.25, 0.3) is 0 Å². The summed E-state index contributed by atoms with van der Waals surface area (Å²) in [5, 5.41) is 0. The maximum Gasteiger partial charge on any atom is 0.239 e. The molecule has 3 heteroatoms. The Bertz CT molecular complexity index is 275. The highest BCUT2D eigenvalue weighted by atomic mass is 16.1. The maximum atomic E-state index is 10.9. The van der Waals surface area contributed by atoms with Crippen molar-refractivity contribution < 1.29 is 4.79 Å². The highest BCUT2D eigenvalue weighted by Gasteiger charge is 2.21. The number of carbonyl (C=O) groups excluding carboxylic acids is 1. The molecule has 1 aliphatic heterocycles.